The van der Waals surface area contributed by atoms with E-state index in [4.69, 9.17) is 16.3 Å². The molecule has 0 spiro atoms. The van der Waals surface area contributed by atoms with Crippen molar-refractivity contribution < 1.29 is 9.53 Å². The van der Waals surface area contributed by atoms with Crippen LogP contribution < -0.4 is 0 Å². The molecule has 0 aromatic heterocycles. The number of hydrogen-bond acceptors (Lipinski definition) is 5. The van der Waals surface area contributed by atoms with Crippen LogP contribution in [0, 0.1) is 0 Å². The van der Waals surface area contributed by atoms with Crippen LogP contribution in [0.5, 0.6) is 0 Å². The van der Waals surface area contributed by atoms with Crippen LogP contribution in [-0.4, -0.2) is 71.8 Å². The average Bonchev–Trinajstić information content (AvgIpc) is 2.46. The predicted molar refractivity (Wildman–Crippen MR) is 77.3 cm³/mol. The highest BCUT2D eigenvalue weighted by molar-refractivity contribution is 6.65. The number of carbonyl (C=O) groups excluding carboxylic acids is 1. The molecular weight excluding hydrogens is 280 g/mol. The summed E-state index contributed by atoms with van der Waals surface area (Å²) in [5.74, 6) is 1.00. The highest BCUT2D eigenvalue weighted by Gasteiger charge is 2.44. The average molecular weight is 299 g/mol. The number of nitrogens with zero attached hydrogens (tertiary/aromatic N) is 4. The molecule has 20 heavy (non-hydrogen) atoms. The molecule has 3 aliphatic rings. The van der Waals surface area contributed by atoms with Crippen molar-refractivity contribution in [3.63, 3.8) is 0 Å². The van der Waals surface area contributed by atoms with Gasteiger partial charge in [-0.15, -0.1) is 0 Å². The summed E-state index contributed by atoms with van der Waals surface area (Å²) < 4.78 is 5.42. The Morgan fingerprint density at radius 3 is 2.75 bits per heavy atom. The lowest BCUT2D eigenvalue weighted by atomic mass is 9.98. The number of hydrogen-bond donors (Lipinski definition) is 0. The van der Waals surface area contributed by atoms with Crippen molar-refractivity contribution in [1.29, 1.82) is 0 Å². The molecule has 0 N–H and O–H groups in total. The van der Waals surface area contributed by atoms with E-state index in [1.165, 1.54) is 0 Å². The summed E-state index contributed by atoms with van der Waals surface area (Å²) in [4.78, 5) is 24.9. The number of piperazine rings is 1. The van der Waals surface area contributed by atoms with Crippen molar-refractivity contribution in [3.05, 3.63) is 0 Å². The number of amidine groups is 2. The first kappa shape index (κ1) is 13.8. The van der Waals surface area contributed by atoms with Crippen molar-refractivity contribution in [2.45, 2.75) is 37.9 Å². The molecule has 0 saturated carbocycles. The topological polar surface area (TPSA) is 57.5 Å². The molecule has 7 heteroatoms. The van der Waals surface area contributed by atoms with Crippen LogP contribution in [0.15, 0.2) is 9.98 Å². The van der Waals surface area contributed by atoms with Crippen molar-refractivity contribution in [2.24, 2.45) is 9.98 Å². The number of halogens is 1. The summed E-state index contributed by atoms with van der Waals surface area (Å²) in [7, 11) is 1.81. The first-order valence-electron chi connectivity index (χ1n) is 7.01. The summed E-state index contributed by atoms with van der Waals surface area (Å²) in [6.07, 6.45) is 1.84. The molecule has 6 nitrogen and oxygen atoms in total. The van der Waals surface area contributed by atoms with Crippen LogP contribution in [0.25, 0.3) is 0 Å². The van der Waals surface area contributed by atoms with Gasteiger partial charge in [-0.25, -0.2) is 4.99 Å². The van der Waals surface area contributed by atoms with Crippen LogP contribution >= 0.6 is 11.6 Å². The van der Waals surface area contributed by atoms with Gasteiger partial charge in [-0.2, -0.15) is 0 Å². The Morgan fingerprint density at radius 1 is 1.35 bits per heavy atom. The van der Waals surface area contributed by atoms with Crippen molar-refractivity contribution >= 4 is 28.6 Å². The Morgan fingerprint density at radius 2 is 2.05 bits per heavy atom. The standard InChI is InChI=1S/C13H19ClN4O2/c1-8-12(19)17(2)10-7-15-13(14)16-11(10)18(8)9-3-5-20-6-4-9/h8-10H,3-7H2,1-2H3. The molecule has 0 bridgehead atoms. The van der Waals surface area contributed by atoms with Gasteiger partial charge in [-0.05, 0) is 31.4 Å². The van der Waals surface area contributed by atoms with Gasteiger partial charge in [0.05, 0.1) is 6.54 Å². The second kappa shape index (κ2) is 5.33. The van der Waals surface area contributed by atoms with Gasteiger partial charge in [0.1, 0.15) is 17.9 Å². The zero-order valence-electron chi connectivity index (χ0n) is 11.8. The Labute approximate surface area is 123 Å². The SMILES string of the molecule is CC1C(=O)N(C)C2CN=C(Cl)N=C2N1C1CCOCC1. The normalized spacial score (nSPS) is 31.9. The van der Waals surface area contributed by atoms with E-state index in [-0.39, 0.29) is 23.3 Å². The number of carbonyl (C=O) groups is 1. The zero-order chi connectivity index (χ0) is 14.3. The fraction of sp³-hybridized carbons (Fsp3) is 0.769. The maximum absolute atomic E-state index is 12.4. The van der Waals surface area contributed by atoms with Crippen LogP contribution in [0.3, 0.4) is 0 Å². The summed E-state index contributed by atoms with van der Waals surface area (Å²) in [6.45, 7) is 3.90. The fourth-order valence-electron chi connectivity index (χ4n) is 3.21. The van der Waals surface area contributed by atoms with Crippen LogP contribution in [0.1, 0.15) is 19.8 Å². The second-order valence-corrected chi connectivity index (χ2v) is 5.81. The molecule has 3 heterocycles. The summed E-state index contributed by atoms with van der Waals surface area (Å²) in [5, 5.41) is 0.281. The van der Waals surface area contributed by atoms with Crippen LogP contribution in [0.2, 0.25) is 0 Å². The van der Waals surface area contributed by atoms with E-state index in [1.807, 2.05) is 14.0 Å². The van der Waals surface area contributed by atoms with E-state index < -0.39 is 0 Å². The minimum Gasteiger partial charge on any atom is -0.381 e. The van der Waals surface area contributed by atoms with Crippen LogP contribution in [-0.2, 0) is 9.53 Å². The smallest absolute Gasteiger partial charge is 0.245 e. The van der Waals surface area contributed by atoms with Crippen molar-refractivity contribution in [3.8, 4) is 0 Å². The van der Waals surface area contributed by atoms with E-state index >= 15 is 0 Å². The number of fused-ring (bicyclic) bond motifs is 1. The molecule has 3 aliphatic heterocycles. The van der Waals surface area contributed by atoms with Gasteiger partial charge < -0.3 is 14.5 Å². The third kappa shape index (κ3) is 2.20. The number of aliphatic imine (C=N–C) groups is 2. The number of likely N-dealkylation sites (N-methyl/N-ethyl adjacent to an activating group) is 1. The molecule has 0 radical (unpaired) electrons. The number of rotatable bonds is 1. The molecular formula is C13H19ClN4O2. The second-order valence-electron chi connectivity index (χ2n) is 5.47. The van der Waals surface area contributed by atoms with Crippen molar-refractivity contribution in [2.75, 3.05) is 26.8 Å². The Bertz CT molecular complexity index is 473. The quantitative estimate of drug-likeness (QED) is 0.670. The monoisotopic (exact) mass is 298 g/mol. The molecule has 2 fully saturated rings. The third-order valence-corrected chi connectivity index (χ3v) is 4.54. The lowest BCUT2D eigenvalue weighted by molar-refractivity contribution is -0.138. The molecule has 2 saturated heterocycles. The van der Waals surface area contributed by atoms with Gasteiger partial charge in [-0.1, -0.05) is 0 Å². The number of ether oxygens (including phenoxy) is 1. The zero-order valence-corrected chi connectivity index (χ0v) is 12.5. The van der Waals surface area contributed by atoms with Crippen LogP contribution in [0.4, 0.5) is 0 Å². The summed E-state index contributed by atoms with van der Waals surface area (Å²) in [6, 6.07) is -0.00933. The van der Waals surface area contributed by atoms with Gasteiger partial charge in [0.2, 0.25) is 11.2 Å². The van der Waals surface area contributed by atoms with Gasteiger partial charge in [0.15, 0.2) is 0 Å². The molecule has 110 valence electrons. The molecule has 2 unspecified atom stereocenters. The van der Waals surface area contributed by atoms with E-state index in [2.05, 4.69) is 14.9 Å². The summed E-state index contributed by atoms with van der Waals surface area (Å²) in [5.41, 5.74) is 0. The highest BCUT2D eigenvalue weighted by Crippen LogP contribution is 2.27. The molecule has 3 rings (SSSR count). The minimum absolute atomic E-state index is 0.0935. The molecule has 0 aromatic rings. The third-order valence-electron chi connectivity index (χ3n) is 4.34. The molecule has 0 aromatic carbocycles. The first-order chi connectivity index (χ1) is 9.59. The fourth-order valence-corrected chi connectivity index (χ4v) is 3.36. The maximum Gasteiger partial charge on any atom is 0.245 e. The first-order valence-corrected chi connectivity index (χ1v) is 7.38. The van der Waals surface area contributed by atoms with E-state index in [0.29, 0.717) is 12.6 Å². The lowest BCUT2D eigenvalue weighted by Gasteiger charge is -2.49. The largest absolute Gasteiger partial charge is 0.381 e. The Balaban J connectivity index is 1.95. The number of amides is 1. The van der Waals surface area contributed by atoms with Gasteiger partial charge >= 0.3 is 0 Å². The molecule has 0 aliphatic carbocycles. The van der Waals surface area contributed by atoms with E-state index in [0.717, 1.165) is 31.9 Å². The lowest BCUT2D eigenvalue weighted by Crippen LogP contribution is -2.67. The van der Waals surface area contributed by atoms with Gasteiger partial charge in [-0.3, -0.25) is 9.79 Å². The van der Waals surface area contributed by atoms with Gasteiger partial charge in [0, 0.05) is 26.3 Å². The summed E-state index contributed by atoms with van der Waals surface area (Å²) >= 11 is 5.98. The van der Waals surface area contributed by atoms with Gasteiger partial charge in [0.25, 0.3) is 0 Å². The van der Waals surface area contributed by atoms with E-state index in [1.54, 1.807) is 4.90 Å². The van der Waals surface area contributed by atoms with Crippen molar-refractivity contribution in [1.82, 2.24) is 9.80 Å². The Hall–Kier alpha value is -1.14. The predicted octanol–water partition coefficient (Wildman–Crippen LogP) is 0.703. The highest BCUT2D eigenvalue weighted by atomic mass is 35.5. The maximum atomic E-state index is 12.4. The van der Waals surface area contributed by atoms with E-state index in [9.17, 15) is 4.79 Å². The minimum atomic E-state index is -0.208. The Kier molecular flexibility index (Phi) is 3.69. The molecule has 2 atom stereocenters. The molecule has 1 amide bonds.